The lowest BCUT2D eigenvalue weighted by Crippen LogP contribution is -2.26. The maximum absolute atomic E-state index is 11.1. The summed E-state index contributed by atoms with van der Waals surface area (Å²) in [6.45, 7) is 8.34. The number of benzene rings is 1. The SMILES string of the molecule is CC(=O)NCCNc1nc(-c2ccccc2)nc2[nH]c(C=NOC(C)(C)C)cc12. The van der Waals surface area contributed by atoms with Crippen LogP contribution in [-0.4, -0.2) is 45.8 Å². The van der Waals surface area contributed by atoms with E-state index in [1.165, 1.54) is 6.92 Å². The number of amides is 1. The molecular formula is C21H26N6O2. The summed E-state index contributed by atoms with van der Waals surface area (Å²) in [7, 11) is 0. The van der Waals surface area contributed by atoms with Gasteiger partial charge in [0, 0.05) is 25.6 Å². The summed E-state index contributed by atoms with van der Waals surface area (Å²) in [5.41, 5.74) is 2.01. The first kappa shape index (κ1) is 20.3. The fraction of sp³-hybridized carbons (Fsp3) is 0.333. The molecule has 0 saturated heterocycles. The number of anilines is 1. The predicted molar refractivity (Wildman–Crippen MR) is 115 cm³/mol. The van der Waals surface area contributed by atoms with E-state index < -0.39 is 0 Å². The van der Waals surface area contributed by atoms with E-state index in [0.29, 0.717) is 30.4 Å². The number of fused-ring (bicyclic) bond motifs is 1. The second-order valence-corrected chi connectivity index (χ2v) is 7.60. The molecule has 1 amide bonds. The highest BCUT2D eigenvalue weighted by atomic mass is 16.6. The summed E-state index contributed by atoms with van der Waals surface area (Å²) in [4.78, 5) is 29.1. The van der Waals surface area contributed by atoms with E-state index >= 15 is 0 Å². The molecule has 2 aromatic heterocycles. The van der Waals surface area contributed by atoms with E-state index in [-0.39, 0.29) is 11.5 Å². The minimum Gasteiger partial charge on any atom is -0.390 e. The smallest absolute Gasteiger partial charge is 0.216 e. The van der Waals surface area contributed by atoms with Gasteiger partial charge in [0.25, 0.3) is 0 Å². The maximum Gasteiger partial charge on any atom is 0.216 e. The lowest BCUT2D eigenvalue weighted by Gasteiger charge is -2.14. The van der Waals surface area contributed by atoms with Crippen LogP contribution in [0.3, 0.4) is 0 Å². The van der Waals surface area contributed by atoms with Crippen LogP contribution in [0, 0.1) is 0 Å². The van der Waals surface area contributed by atoms with Gasteiger partial charge in [-0.2, -0.15) is 0 Å². The maximum atomic E-state index is 11.1. The van der Waals surface area contributed by atoms with Crippen molar-refractivity contribution in [1.82, 2.24) is 20.3 Å². The third-order valence-corrected chi connectivity index (χ3v) is 3.85. The summed E-state index contributed by atoms with van der Waals surface area (Å²) >= 11 is 0. The first-order valence-corrected chi connectivity index (χ1v) is 9.48. The van der Waals surface area contributed by atoms with Crippen LogP contribution < -0.4 is 10.6 Å². The molecule has 0 fully saturated rings. The van der Waals surface area contributed by atoms with Crippen molar-refractivity contribution in [3.63, 3.8) is 0 Å². The Bertz CT molecular complexity index is 1010. The topological polar surface area (TPSA) is 104 Å². The Kier molecular flexibility index (Phi) is 6.11. The van der Waals surface area contributed by atoms with E-state index in [9.17, 15) is 4.79 Å². The normalized spacial score (nSPS) is 11.7. The molecule has 1 aromatic carbocycles. The van der Waals surface area contributed by atoms with Crippen LogP contribution in [0.4, 0.5) is 5.82 Å². The second-order valence-electron chi connectivity index (χ2n) is 7.60. The minimum atomic E-state index is -0.362. The predicted octanol–water partition coefficient (Wildman–Crippen LogP) is 3.32. The molecule has 152 valence electrons. The fourth-order valence-corrected chi connectivity index (χ4v) is 2.61. The van der Waals surface area contributed by atoms with Crippen molar-refractivity contribution >= 4 is 29.0 Å². The largest absolute Gasteiger partial charge is 0.390 e. The Hall–Kier alpha value is -3.42. The summed E-state index contributed by atoms with van der Waals surface area (Å²) in [5, 5.41) is 10.9. The highest BCUT2D eigenvalue weighted by molar-refractivity contribution is 5.94. The van der Waals surface area contributed by atoms with E-state index in [4.69, 9.17) is 9.82 Å². The molecule has 0 bridgehead atoms. The molecule has 2 heterocycles. The van der Waals surface area contributed by atoms with Gasteiger partial charge in [0.2, 0.25) is 5.91 Å². The van der Waals surface area contributed by atoms with E-state index in [2.05, 4.69) is 25.8 Å². The van der Waals surface area contributed by atoms with Crippen molar-refractivity contribution < 1.29 is 9.63 Å². The third-order valence-electron chi connectivity index (χ3n) is 3.85. The fourth-order valence-electron chi connectivity index (χ4n) is 2.61. The van der Waals surface area contributed by atoms with Gasteiger partial charge >= 0.3 is 0 Å². The molecule has 8 heteroatoms. The average molecular weight is 394 g/mol. The van der Waals surface area contributed by atoms with Gasteiger partial charge in [0.05, 0.1) is 17.3 Å². The van der Waals surface area contributed by atoms with Crippen LogP contribution in [0.2, 0.25) is 0 Å². The number of aromatic amines is 1. The zero-order valence-electron chi connectivity index (χ0n) is 17.1. The van der Waals surface area contributed by atoms with Gasteiger partial charge < -0.3 is 20.5 Å². The van der Waals surface area contributed by atoms with E-state index in [1.54, 1.807) is 6.21 Å². The van der Waals surface area contributed by atoms with Crippen molar-refractivity contribution in [3.05, 3.63) is 42.1 Å². The first-order chi connectivity index (χ1) is 13.8. The number of oxime groups is 1. The summed E-state index contributed by atoms with van der Waals surface area (Å²) < 4.78 is 0. The minimum absolute atomic E-state index is 0.0661. The van der Waals surface area contributed by atoms with Gasteiger partial charge in [-0.15, -0.1) is 0 Å². The Balaban J connectivity index is 1.92. The molecule has 0 saturated carbocycles. The number of H-pyrrole nitrogens is 1. The molecule has 29 heavy (non-hydrogen) atoms. The number of carbonyl (C=O) groups excluding carboxylic acids is 1. The van der Waals surface area contributed by atoms with E-state index in [0.717, 1.165) is 16.6 Å². The molecule has 3 N–H and O–H groups in total. The van der Waals surface area contributed by atoms with Crippen molar-refractivity contribution in [2.45, 2.75) is 33.3 Å². The highest BCUT2D eigenvalue weighted by Gasteiger charge is 2.13. The van der Waals surface area contributed by atoms with Crippen molar-refractivity contribution in [3.8, 4) is 11.4 Å². The number of aromatic nitrogens is 3. The molecule has 0 radical (unpaired) electrons. The van der Waals surface area contributed by atoms with Crippen LogP contribution >= 0.6 is 0 Å². The molecule has 0 aliphatic carbocycles. The van der Waals surface area contributed by atoms with Crippen molar-refractivity contribution in [1.29, 1.82) is 0 Å². The molecule has 0 aliphatic heterocycles. The number of hydrogen-bond acceptors (Lipinski definition) is 6. The third kappa shape index (κ3) is 5.78. The van der Waals surface area contributed by atoms with Gasteiger partial charge in [-0.25, -0.2) is 9.97 Å². The van der Waals surface area contributed by atoms with Crippen LogP contribution in [-0.2, 0) is 9.63 Å². The first-order valence-electron chi connectivity index (χ1n) is 9.48. The van der Waals surface area contributed by atoms with Gasteiger partial charge in [0.1, 0.15) is 17.1 Å². The lowest BCUT2D eigenvalue weighted by atomic mass is 10.2. The average Bonchev–Trinajstić information content (AvgIpc) is 3.07. The lowest BCUT2D eigenvalue weighted by molar-refractivity contribution is -0.118. The summed E-state index contributed by atoms with van der Waals surface area (Å²) in [5.74, 6) is 1.23. The summed E-state index contributed by atoms with van der Waals surface area (Å²) in [6, 6.07) is 11.7. The number of rotatable bonds is 7. The van der Waals surface area contributed by atoms with Crippen LogP contribution in [0.25, 0.3) is 22.4 Å². The van der Waals surface area contributed by atoms with Crippen molar-refractivity contribution in [2.24, 2.45) is 5.16 Å². The molecule has 3 aromatic rings. The Labute approximate surface area is 169 Å². The van der Waals surface area contributed by atoms with Crippen LogP contribution in [0.1, 0.15) is 33.4 Å². The van der Waals surface area contributed by atoms with Crippen molar-refractivity contribution in [2.75, 3.05) is 18.4 Å². The molecule has 8 nitrogen and oxygen atoms in total. The molecule has 0 aliphatic rings. The molecule has 0 atom stereocenters. The Morgan fingerprint density at radius 2 is 1.97 bits per heavy atom. The second kappa shape index (κ2) is 8.72. The Morgan fingerprint density at radius 1 is 1.21 bits per heavy atom. The van der Waals surface area contributed by atoms with Gasteiger partial charge in [-0.05, 0) is 26.8 Å². The molecule has 0 unspecified atom stereocenters. The number of nitrogens with one attached hydrogen (secondary N) is 3. The van der Waals surface area contributed by atoms with Crippen LogP contribution in [0.5, 0.6) is 0 Å². The summed E-state index contributed by atoms with van der Waals surface area (Å²) in [6.07, 6.45) is 1.62. The monoisotopic (exact) mass is 394 g/mol. The van der Waals surface area contributed by atoms with E-state index in [1.807, 2.05) is 57.2 Å². The number of hydrogen-bond donors (Lipinski definition) is 3. The number of nitrogens with zero attached hydrogens (tertiary/aromatic N) is 3. The zero-order chi connectivity index (χ0) is 20.9. The quantitative estimate of drug-likeness (QED) is 0.324. The van der Waals surface area contributed by atoms with Gasteiger partial charge in [-0.3, -0.25) is 4.79 Å². The van der Waals surface area contributed by atoms with Crippen LogP contribution in [0.15, 0.2) is 41.6 Å². The molecular weight excluding hydrogens is 368 g/mol. The standard InChI is InChI=1S/C21H26N6O2/c1-14(28)22-10-11-23-19-17-12-16(13-24-29-21(2,3)4)25-20(17)27-18(26-19)15-8-6-5-7-9-15/h5-9,12-13H,10-11H2,1-4H3,(H,22,28)(H2,23,25,26,27). The molecule has 0 spiro atoms. The highest BCUT2D eigenvalue weighted by Crippen LogP contribution is 2.25. The van der Waals surface area contributed by atoms with Gasteiger partial charge in [-0.1, -0.05) is 35.5 Å². The zero-order valence-corrected chi connectivity index (χ0v) is 17.1. The Morgan fingerprint density at radius 3 is 2.66 bits per heavy atom. The van der Waals surface area contributed by atoms with Gasteiger partial charge in [0.15, 0.2) is 5.82 Å². The number of carbonyl (C=O) groups is 1. The molecule has 3 rings (SSSR count).